The molecule has 178 valence electrons. The molecule has 0 atom stereocenters. The van der Waals surface area contributed by atoms with Crippen molar-refractivity contribution in [1.82, 2.24) is 10.3 Å². The van der Waals surface area contributed by atoms with Crippen LogP contribution in [0.2, 0.25) is 0 Å². The average Bonchev–Trinajstić information content (AvgIpc) is 3.51. The number of benzene rings is 2. The van der Waals surface area contributed by atoms with Crippen molar-refractivity contribution in [3.8, 4) is 23.0 Å². The standard InChI is InChI=1S/C24H24N2O6S2/c1-29-19-5-3-15(9-21(19)30-2)7-8-25-23(28)11-17-12-33-24(26-17)34-13-18(27)16-4-6-20-22(10-16)32-14-31-20/h3-6,9-10,12H,7-8,11,13-14H2,1-2H3,(H,25,28). The minimum Gasteiger partial charge on any atom is -0.493 e. The van der Waals surface area contributed by atoms with E-state index in [9.17, 15) is 9.59 Å². The van der Waals surface area contributed by atoms with Gasteiger partial charge in [0.15, 0.2) is 33.1 Å². The Labute approximate surface area is 205 Å². The Morgan fingerprint density at radius 1 is 1.09 bits per heavy atom. The van der Waals surface area contributed by atoms with Crippen LogP contribution in [0.4, 0.5) is 0 Å². The van der Waals surface area contributed by atoms with Gasteiger partial charge in [0.05, 0.1) is 32.1 Å². The number of Topliss-reactive ketones (excluding diaryl/α,β-unsaturated/α-hetero) is 1. The summed E-state index contributed by atoms with van der Waals surface area (Å²) in [6.07, 6.45) is 0.866. The maximum absolute atomic E-state index is 12.5. The van der Waals surface area contributed by atoms with Crippen molar-refractivity contribution in [3.63, 3.8) is 0 Å². The van der Waals surface area contributed by atoms with Gasteiger partial charge < -0.3 is 24.3 Å². The molecule has 1 N–H and O–H groups in total. The fourth-order valence-electron chi connectivity index (χ4n) is 3.33. The van der Waals surface area contributed by atoms with Crippen LogP contribution in [0, 0.1) is 0 Å². The zero-order valence-electron chi connectivity index (χ0n) is 18.8. The summed E-state index contributed by atoms with van der Waals surface area (Å²) in [6.45, 7) is 0.678. The molecule has 4 rings (SSSR count). The maximum atomic E-state index is 12.5. The number of carbonyl (C=O) groups excluding carboxylic acids is 2. The third-order valence-corrected chi connectivity index (χ3v) is 7.15. The number of thiazole rings is 1. The normalized spacial score (nSPS) is 11.8. The average molecular weight is 501 g/mol. The maximum Gasteiger partial charge on any atom is 0.231 e. The number of amides is 1. The summed E-state index contributed by atoms with van der Waals surface area (Å²) in [7, 11) is 3.19. The molecule has 0 fully saturated rings. The molecule has 0 bridgehead atoms. The summed E-state index contributed by atoms with van der Waals surface area (Å²) >= 11 is 2.78. The lowest BCUT2D eigenvalue weighted by Gasteiger charge is -2.10. The summed E-state index contributed by atoms with van der Waals surface area (Å²) in [5.74, 6) is 2.71. The van der Waals surface area contributed by atoms with Gasteiger partial charge in [-0.05, 0) is 42.3 Å². The molecule has 1 amide bonds. The number of hydrogen-bond donors (Lipinski definition) is 1. The lowest BCUT2D eigenvalue weighted by molar-refractivity contribution is -0.120. The number of ether oxygens (including phenoxy) is 4. The monoisotopic (exact) mass is 500 g/mol. The highest BCUT2D eigenvalue weighted by Gasteiger charge is 2.17. The van der Waals surface area contributed by atoms with E-state index in [1.165, 1.54) is 23.1 Å². The Morgan fingerprint density at radius 2 is 1.91 bits per heavy atom. The topological polar surface area (TPSA) is 96.0 Å². The number of rotatable bonds is 11. The number of fused-ring (bicyclic) bond motifs is 1. The molecule has 1 aliphatic heterocycles. The number of thioether (sulfide) groups is 1. The number of ketones is 1. The Hall–Kier alpha value is -3.24. The van der Waals surface area contributed by atoms with E-state index in [0.29, 0.717) is 47.2 Å². The number of carbonyl (C=O) groups is 2. The van der Waals surface area contributed by atoms with Gasteiger partial charge in [0.2, 0.25) is 12.7 Å². The molecule has 0 radical (unpaired) electrons. The summed E-state index contributed by atoms with van der Waals surface area (Å²) in [5, 5.41) is 4.77. The van der Waals surface area contributed by atoms with Gasteiger partial charge in [-0.15, -0.1) is 11.3 Å². The third kappa shape index (κ3) is 6.00. The molecule has 0 saturated carbocycles. The summed E-state index contributed by atoms with van der Waals surface area (Å²) < 4.78 is 21.9. The highest BCUT2D eigenvalue weighted by atomic mass is 32.2. The SMILES string of the molecule is COc1ccc(CCNC(=O)Cc2csc(SCC(=O)c3ccc4c(c3)OCO4)n2)cc1OC. The first kappa shape index (κ1) is 23.9. The molecule has 0 saturated heterocycles. The molecule has 8 nitrogen and oxygen atoms in total. The fraction of sp³-hybridized carbons (Fsp3) is 0.292. The van der Waals surface area contributed by atoms with Crippen molar-refractivity contribution in [2.75, 3.05) is 33.3 Å². The molecule has 34 heavy (non-hydrogen) atoms. The second-order valence-corrected chi connectivity index (χ2v) is 9.43. The number of nitrogens with one attached hydrogen (secondary N) is 1. The predicted molar refractivity (Wildman–Crippen MR) is 130 cm³/mol. The molecular formula is C24H24N2O6S2. The summed E-state index contributed by atoms with van der Waals surface area (Å²) in [4.78, 5) is 29.3. The molecule has 0 unspecified atom stereocenters. The van der Waals surface area contributed by atoms with E-state index in [1.54, 1.807) is 32.4 Å². The molecule has 1 aliphatic rings. The molecule has 3 aromatic rings. The van der Waals surface area contributed by atoms with E-state index in [0.717, 1.165) is 9.90 Å². The lowest BCUT2D eigenvalue weighted by Crippen LogP contribution is -2.27. The van der Waals surface area contributed by atoms with Crippen LogP contribution in [-0.4, -0.2) is 50.0 Å². The van der Waals surface area contributed by atoms with Gasteiger partial charge in [-0.1, -0.05) is 17.8 Å². The Kier molecular flexibility index (Phi) is 7.91. The van der Waals surface area contributed by atoms with Crippen LogP contribution in [0.5, 0.6) is 23.0 Å². The molecule has 0 spiro atoms. The van der Waals surface area contributed by atoms with E-state index < -0.39 is 0 Å². The van der Waals surface area contributed by atoms with Gasteiger partial charge >= 0.3 is 0 Å². The van der Waals surface area contributed by atoms with Gasteiger partial charge in [-0.3, -0.25) is 9.59 Å². The first-order valence-corrected chi connectivity index (χ1v) is 12.4. The fourth-order valence-corrected chi connectivity index (χ4v) is 5.07. The van der Waals surface area contributed by atoms with Crippen LogP contribution in [0.1, 0.15) is 21.6 Å². The van der Waals surface area contributed by atoms with Crippen LogP contribution in [-0.2, 0) is 17.6 Å². The third-order valence-electron chi connectivity index (χ3n) is 5.08. The van der Waals surface area contributed by atoms with E-state index >= 15 is 0 Å². The number of hydrogen-bond acceptors (Lipinski definition) is 9. The van der Waals surface area contributed by atoms with Crippen molar-refractivity contribution < 1.29 is 28.5 Å². The first-order valence-electron chi connectivity index (χ1n) is 10.5. The predicted octanol–water partition coefficient (Wildman–Crippen LogP) is 3.77. The highest BCUT2D eigenvalue weighted by Crippen LogP contribution is 2.33. The zero-order chi connectivity index (χ0) is 23.9. The molecule has 2 heterocycles. The summed E-state index contributed by atoms with van der Waals surface area (Å²) in [5.41, 5.74) is 2.30. The Bertz CT molecular complexity index is 1180. The quantitative estimate of drug-likeness (QED) is 0.314. The number of aromatic nitrogens is 1. The van der Waals surface area contributed by atoms with Gasteiger partial charge in [0, 0.05) is 17.5 Å². The van der Waals surface area contributed by atoms with Gasteiger partial charge in [0.25, 0.3) is 0 Å². The van der Waals surface area contributed by atoms with E-state index in [4.69, 9.17) is 18.9 Å². The molecule has 2 aromatic carbocycles. The molecule has 0 aliphatic carbocycles. The Morgan fingerprint density at radius 3 is 2.74 bits per heavy atom. The molecule has 1 aromatic heterocycles. The minimum absolute atomic E-state index is 0.0204. The van der Waals surface area contributed by atoms with E-state index in [1.807, 2.05) is 23.6 Å². The van der Waals surface area contributed by atoms with E-state index in [-0.39, 0.29) is 30.7 Å². The van der Waals surface area contributed by atoms with Crippen LogP contribution >= 0.6 is 23.1 Å². The van der Waals surface area contributed by atoms with Crippen molar-refractivity contribution in [1.29, 1.82) is 0 Å². The largest absolute Gasteiger partial charge is 0.493 e. The summed E-state index contributed by atoms with van der Waals surface area (Å²) in [6, 6.07) is 10.9. The van der Waals surface area contributed by atoms with Crippen LogP contribution in [0.15, 0.2) is 46.1 Å². The van der Waals surface area contributed by atoms with Crippen molar-refractivity contribution in [2.24, 2.45) is 0 Å². The smallest absolute Gasteiger partial charge is 0.231 e. The van der Waals surface area contributed by atoms with Gasteiger partial charge in [-0.2, -0.15) is 0 Å². The second kappa shape index (κ2) is 11.3. The Balaban J connectivity index is 1.21. The number of methoxy groups -OCH3 is 2. The number of nitrogens with zero attached hydrogens (tertiary/aromatic N) is 1. The lowest BCUT2D eigenvalue weighted by atomic mass is 10.1. The molecule has 10 heteroatoms. The van der Waals surface area contributed by atoms with Crippen LogP contribution in [0.25, 0.3) is 0 Å². The van der Waals surface area contributed by atoms with Crippen LogP contribution < -0.4 is 24.3 Å². The van der Waals surface area contributed by atoms with Crippen LogP contribution in [0.3, 0.4) is 0 Å². The van der Waals surface area contributed by atoms with Gasteiger partial charge in [0.1, 0.15) is 0 Å². The second-order valence-electron chi connectivity index (χ2n) is 7.35. The van der Waals surface area contributed by atoms with Gasteiger partial charge in [-0.25, -0.2) is 4.98 Å². The van der Waals surface area contributed by atoms with Crippen molar-refractivity contribution >= 4 is 34.8 Å². The van der Waals surface area contributed by atoms with Crippen molar-refractivity contribution in [2.45, 2.75) is 17.2 Å². The van der Waals surface area contributed by atoms with Crippen molar-refractivity contribution in [3.05, 3.63) is 58.6 Å². The zero-order valence-corrected chi connectivity index (χ0v) is 20.4. The molecular weight excluding hydrogens is 476 g/mol. The minimum atomic E-state index is -0.0984. The van der Waals surface area contributed by atoms with E-state index in [2.05, 4.69) is 10.3 Å². The first-order chi connectivity index (χ1) is 16.6. The highest BCUT2D eigenvalue weighted by molar-refractivity contribution is 8.01.